The molecule has 1 amide bonds. The van der Waals surface area contributed by atoms with Gasteiger partial charge in [0.15, 0.2) is 5.82 Å². The number of anilines is 1. The Morgan fingerprint density at radius 2 is 2.04 bits per heavy atom. The first-order chi connectivity index (χ1) is 13.2. The summed E-state index contributed by atoms with van der Waals surface area (Å²) < 4.78 is 5.42. The number of ether oxygens (including phenoxy) is 1. The van der Waals surface area contributed by atoms with Crippen molar-refractivity contribution in [3.05, 3.63) is 29.1 Å². The number of nitrogens with one attached hydrogen (secondary N) is 1. The first-order valence-corrected chi connectivity index (χ1v) is 9.61. The number of carbonyl (C=O) groups excluding carboxylic acids is 1. The topological polar surface area (TPSA) is 80.2 Å². The average molecular weight is 383 g/mol. The van der Waals surface area contributed by atoms with Crippen LogP contribution in [-0.2, 0) is 17.6 Å². The standard InChI is InChI=1S/C21H29N5O2/c1-13-11-22-16(10-17(13)28-6)19-23-15-9-7-8-14(15)20(24-19)26(5)12-18(27)25-21(2,3)4/h10-11H,7-9,12H2,1-6H3,(H,25,27). The molecule has 1 aliphatic rings. The van der Waals surface area contributed by atoms with Crippen LogP contribution in [0.15, 0.2) is 12.3 Å². The molecule has 1 aliphatic carbocycles. The molecule has 2 aromatic heterocycles. The molecule has 0 fully saturated rings. The summed E-state index contributed by atoms with van der Waals surface area (Å²) in [7, 11) is 3.54. The number of nitrogens with zero attached hydrogens (tertiary/aromatic N) is 4. The Kier molecular flexibility index (Phi) is 5.54. The monoisotopic (exact) mass is 383 g/mol. The minimum Gasteiger partial charge on any atom is -0.496 e. The zero-order valence-electron chi connectivity index (χ0n) is 17.6. The van der Waals surface area contributed by atoms with Gasteiger partial charge < -0.3 is 15.0 Å². The molecule has 0 saturated heterocycles. The number of hydrogen-bond acceptors (Lipinski definition) is 6. The Morgan fingerprint density at radius 3 is 2.71 bits per heavy atom. The summed E-state index contributed by atoms with van der Waals surface area (Å²) in [5.74, 6) is 2.10. The molecule has 0 bridgehead atoms. The van der Waals surface area contributed by atoms with E-state index < -0.39 is 0 Å². The summed E-state index contributed by atoms with van der Waals surface area (Å²) in [5.41, 5.74) is 3.55. The maximum absolute atomic E-state index is 12.4. The van der Waals surface area contributed by atoms with Gasteiger partial charge in [-0.1, -0.05) is 0 Å². The molecule has 7 nitrogen and oxygen atoms in total. The fourth-order valence-corrected chi connectivity index (χ4v) is 3.44. The second-order valence-electron chi connectivity index (χ2n) is 8.34. The minimum atomic E-state index is -0.265. The maximum atomic E-state index is 12.4. The third-order valence-corrected chi connectivity index (χ3v) is 4.67. The first kappa shape index (κ1) is 20.0. The molecule has 28 heavy (non-hydrogen) atoms. The van der Waals surface area contributed by atoms with Gasteiger partial charge in [0.05, 0.1) is 13.7 Å². The molecule has 0 radical (unpaired) electrons. The van der Waals surface area contributed by atoms with Gasteiger partial charge >= 0.3 is 0 Å². The van der Waals surface area contributed by atoms with E-state index in [-0.39, 0.29) is 18.0 Å². The fourth-order valence-electron chi connectivity index (χ4n) is 3.44. The van der Waals surface area contributed by atoms with E-state index in [4.69, 9.17) is 14.7 Å². The quantitative estimate of drug-likeness (QED) is 0.855. The van der Waals surface area contributed by atoms with Crippen LogP contribution in [0.25, 0.3) is 11.5 Å². The Bertz CT molecular complexity index is 889. The lowest BCUT2D eigenvalue weighted by Gasteiger charge is -2.25. The van der Waals surface area contributed by atoms with Crippen LogP contribution < -0.4 is 15.0 Å². The SMILES string of the molecule is COc1cc(-c2nc3c(c(N(C)CC(=O)NC(C)(C)C)n2)CCC3)ncc1C. The molecule has 2 aromatic rings. The van der Waals surface area contributed by atoms with Crippen molar-refractivity contribution in [1.29, 1.82) is 0 Å². The highest BCUT2D eigenvalue weighted by Crippen LogP contribution is 2.31. The smallest absolute Gasteiger partial charge is 0.239 e. The van der Waals surface area contributed by atoms with E-state index in [9.17, 15) is 4.79 Å². The molecule has 7 heteroatoms. The van der Waals surface area contributed by atoms with Gasteiger partial charge in [0.1, 0.15) is 17.3 Å². The number of likely N-dealkylation sites (N-methyl/N-ethyl adjacent to an activating group) is 1. The number of amides is 1. The van der Waals surface area contributed by atoms with Gasteiger partial charge in [-0.25, -0.2) is 9.97 Å². The van der Waals surface area contributed by atoms with Crippen LogP contribution >= 0.6 is 0 Å². The van der Waals surface area contributed by atoms with E-state index in [1.807, 2.05) is 45.7 Å². The second-order valence-corrected chi connectivity index (χ2v) is 8.34. The number of hydrogen-bond donors (Lipinski definition) is 1. The van der Waals surface area contributed by atoms with Crippen LogP contribution in [-0.4, -0.2) is 47.1 Å². The highest BCUT2D eigenvalue weighted by Gasteiger charge is 2.24. The minimum absolute atomic E-state index is 0.0305. The van der Waals surface area contributed by atoms with E-state index in [0.717, 1.165) is 47.7 Å². The van der Waals surface area contributed by atoms with Gasteiger partial charge in [-0.15, -0.1) is 0 Å². The van der Waals surface area contributed by atoms with Crippen molar-refractivity contribution >= 4 is 11.7 Å². The molecule has 0 aromatic carbocycles. The van der Waals surface area contributed by atoms with Gasteiger partial charge in [-0.3, -0.25) is 9.78 Å². The molecule has 1 N–H and O–H groups in total. The fraction of sp³-hybridized carbons (Fsp3) is 0.524. The molecule has 2 heterocycles. The van der Waals surface area contributed by atoms with Crippen LogP contribution in [0, 0.1) is 6.92 Å². The summed E-state index contributed by atoms with van der Waals surface area (Å²) in [6.07, 6.45) is 4.67. The Morgan fingerprint density at radius 1 is 1.29 bits per heavy atom. The number of methoxy groups -OCH3 is 1. The predicted molar refractivity (Wildman–Crippen MR) is 110 cm³/mol. The van der Waals surface area contributed by atoms with Gasteiger partial charge in [0.25, 0.3) is 0 Å². The molecule has 0 atom stereocenters. The van der Waals surface area contributed by atoms with E-state index >= 15 is 0 Å². The lowest BCUT2D eigenvalue weighted by Crippen LogP contribution is -2.45. The van der Waals surface area contributed by atoms with E-state index in [1.165, 1.54) is 0 Å². The number of fused-ring (bicyclic) bond motifs is 1. The molecule has 0 aliphatic heterocycles. The molecule has 0 saturated carbocycles. The number of carbonyl (C=O) groups is 1. The number of aryl methyl sites for hydroxylation is 2. The lowest BCUT2D eigenvalue weighted by molar-refractivity contribution is -0.121. The van der Waals surface area contributed by atoms with Gasteiger partial charge in [-0.2, -0.15) is 0 Å². The highest BCUT2D eigenvalue weighted by molar-refractivity contribution is 5.82. The van der Waals surface area contributed by atoms with Crippen LogP contribution in [0.4, 0.5) is 5.82 Å². The third kappa shape index (κ3) is 4.40. The zero-order chi connectivity index (χ0) is 20.5. The van der Waals surface area contributed by atoms with Crippen molar-refractivity contribution < 1.29 is 9.53 Å². The maximum Gasteiger partial charge on any atom is 0.239 e. The molecule has 3 rings (SSSR count). The highest BCUT2D eigenvalue weighted by atomic mass is 16.5. The first-order valence-electron chi connectivity index (χ1n) is 9.61. The molecule has 150 valence electrons. The van der Waals surface area contributed by atoms with Crippen molar-refractivity contribution in [2.24, 2.45) is 0 Å². The van der Waals surface area contributed by atoms with Crippen LogP contribution in [0.5, 0.6) is 5.75 Å². The second kappa shape index (κ2) is 7.73. The molecular formula is C21H29N5O2. The number of rotatable bonds is 5. The Hall–Kier alpha value is -2.70. The van der Waals surface area contributed by atoms with E-state index in [2.05, 4.69) is 10.3 Å². The normalized spacial score (nSPS) is 13.2. The zero-order valence-corrected chi connectivity index (χ0v) is 17.6. The van der Waals surface area contributed by atoms with Gasteiger partial charge in [-0.05, 0) is 47.0 Å². The van der Waals surface area contributed by atoms with Crippen LogP contribution in [0.1, 0.15) is 44.0 Å². The number of pyridine rings is 1. The summed E-state index contributed by atoms with van der Waals surface area (Å²) in [6.45, 7) is 8.11. The molecular weight excluding hydrogens is 354 g/mol. The van der Waals surface area contributed by atoms with Crippen LogP contribution in [0.2, 0.25) is 0 Å². The third-order valence-electron chi connectivity index (χ3n) is 4.67. The summed E-state index contributed by atoms with van der Waals surface area (Å²) in [5, 5.41) is 3.00. The van der Waals surface area contributed by atoms with Crippen LogP contribution in [0.3, 0.4) is 0 Å². The largest absolute Gasteiger partial charge is 0.496 e. The van der Waals surface area contributed by atoms with E-state index in [1.54, 1.807) is 13.3 Å². The van der Waals surface area contributed by atoms with Gasteiger partial charge in [0, 0.05) is 41.7 Å². The number of aromatic nitrogens is 3. The predicted octanol–water partition coefficient (Wildman–Crippen LogP) is 2.70. The molecule has 0 spiro atoms. The van der Waals surface area contributed by atoms with E-state index in [0.29, 0.717) is 11.5 Å². The Balaban J connectivity index is 1.95. The summed E-state index contributed by atoms with van der Waals surface area (Å²) in [4.78, 5) is 28.3. The van der Waals surface area contributed by atoms with Gasteiger partial charge in [0.2, 0.25) is 5.91 Å². The van der Waals surface area contributed by atoms with Crippen molar-refractivity contribution in [3.8, 4) is 17.3 Å². The Labute approximate surface area is 166 Å². The lowest BCUT2D eigenvalue weighted by atomic mass is 10.1. The van der Waals surface area contributed by atoms with Crippen molar-refractivity contribution in [1.82, 2.24) is 20.3 Å². The summed E-state index contributed by atoms with van der Waals surface area (Å²) in [6, 6.07) is 1.86. The van der Waals surface area contributed by atoms with Crippen molar-refractivity contribution in [2.75, 3.05) is 25.6 Å². The van der Waals surface area contributed by atoms with Crippen molar-refractivity contribution in [3.63, 3.8) is 0 Å². The average Bonchev–Trinajstić information content (AvgIpc) is 3.08. The molecule has 0 unspecified atom stereocenters. The van der Waals surface area contributed by atoms with Crippen molar-refractivity contribution in [2.45, 2.75) is 52.5 Å². The summed E-state index contributed by atoms with van der Waals surface area (Å²) >= 11 is 0.